The number of alkyl halides is 3. The molecule has 0 saturated heterocycles. The van der Waals surface area contributed by atoms with E-state index in [2.05, 4.69) is 10.3 Å². The van der Waals surface area contributed by atoms with Crippen LogP contribution in [0.5, 0.6) is 0 Å². The van der Waals surface area contributed by atoms with Crippen molar-refractivity contribution in [3.8, 4) is 0 Å². The summed E-state index contributed by atoms with van der Waals surface area (Å²) in [6, 6.07) is 9.71. The van der Waals surface area contributed by atoms with Crippen molar-refractivity contribution < 1.29 is 22.4 Å². The Morgan fingerprint density at radius 2 is 1.91 bits per heavy atom. The third-order valence-electron chi connectivity index (χ3n) is 4.96. The van der Waals surface area contributed by atoms with Crippen LogP contribution >= 0.6 is 11.3 Å². The Morgan fingerprint density at radius 1 is 1.19 bits per heavy atom. The summed E-state index contributed by atoms with van der Waals surface area (Å²) in [6.07, 6.45) is -4.65. The fraction of sp³-hybridized carbons (Fsp3) is 0.143. The number of urea groups is 1. The molecule has 6 nitrogen and oxygen atoms in total. The van der Waals surface area contributed by atoms with E-state index in [1.165, 1.54) is 18.4 Å². The van der Waals surface area contributed by atoms with E-state index >= 15 is 0 Å². The summed E-state index contributed by atoms with van der Waals surface area (Å²) in [4.78, 5) is 19.9. The molecule has 2 heterocycles. The summed E-state index contributed by atoms with van der Waals surface area (Å²) in [5, 5.41) is 4.94. The largest absolute Gasteiger partial charge is 0.416 e. The van der Waals surface area contributed by atoms with Crippen molar-refractivity contribution in [1.82, 2.24) is 0 Å². The third-order valence-corrected chi connectivity index (χ3v) is 5.80. The predicted octanol–water partition coefficient (Wildman–Crippen LogP) is 3.70. The Kier molecular flexibility index (Phi) is 5.51. The molecule has 0 spiro atoms. The highest BCUT2D eigenvalue weighted by molar-refractivity contribution is 7.07. The van der Waals surface area contributed by atoms with Gasteiger partial charge in [-0.2, -0.15) is 13.2 Å². The van der Waals surface area contributed by atoms with Crippen LogP contribution < -0.4 is 30.7 Å². The average molecular weight is 463 g/mol. The highest BCUT2D eigenvalue weighted by Crippen LogP contribution is 2.32. The number of hydrogen-bond donors (Lipinski definition) is 2. The van der Waals surface area contributed by atoms with Crippen LogP contribution in [0.3, 0.4) is 0 Å². The van der Waals surface area contributed by atoms with E-state index in [9.17, 15) is 22.4 Å². The summed E-state index contributed by atoms with van der Waals surface area (Å²) in [7, 11) is 1.42. The van der Waals surface area contributed by atoms with Gasteiger partial charge in [0, 0.05) is 18.4 Å². The Hall–Kier alpha value is -3.60. The van der Waals surface area contributed by atoms with Crippen LogP contribution in [0, 0.1) is 5.82 Å². The van der Waals surface area contributed by atoms with Gasteiger partial charge in [-0.3, -0.25) is 9.89 Å². The number of amides is 2. The number of rotatable bonds is 3. The Bertz CT molecular complexity index is 1290. The lowest BCUT2D eigenvalue weighted by Crippen LogP contribution is -2.41. The lowest BCUT2D eigenvalue weighted by Gasteiger charge is -2.25. The first-order valence-corrected chi connectivity index (χ1v) is 10.2. The van der Waals surface area contributed by atoms with E-state index in [0.29, 0.717) is 36.4 Å². The van der Waals surface area contributed by atoms with Crippen molar-refractivity contribution in [3.05, 3.63) is 75.2 Å². The topological polar surface area (TPSA) is 74.0 Å². The van der Waals surface area contributed by atoms with E-state index < -0.39 is 29.3 Å². The van der Waals surface area contributed by atoms with Gasteiger partial charge in [-0.05, 0) is 53.9 Å². The van der Waals surface area contributed by atoms with Crippen molar-refractivity contribution in [2.75, 3.05) is 28.8 Å². The molecule has 0 aliphatic carbocycles. The molecule has 0 saturated carbocycles. The van der Waals surface area contributed by atoms with E-state index in [4.69, 9.17) is 5.73 Å². The second kappa shape index (κ2) is 8.15. The molecule has 3 N–H and O–H groups in total. The molecule has 32 heavy (non-hydrogen) atoms. The summed E-state index contributed by atoms with van der Waals surface area (Å²) >= 11 is 1.51. The van der Waals surface area contributed by atoms with Gasteiger partial charge in [-0.25, -0.2) is 9.18 Å². The zero-order valence-corrected chi connectivity index (χ0v) is 17.5. The fourth-order valence-corrected chi connectivity index (χ4v) is 3.93. The number of halogens is 4. The summed E-state index contributed by atoms with van der Waals surface area (Å²) in [5.74, 6) is -0.405. The lowest BCUT2D eigenvalue weighted by molar-refractivity contribution is -0.137. The molecule has 0 radical (unpaired) electrons. The van der Waals surface area contributed by atoms with Crippen LogP contribution in [-0.2, 0) is 6.18 Å². The number of nitrogens with two attached hydrogens (primary N) is 1. The van der Waals surface area contributed by atoms with Gasteiger partial charge >= 0.3 is 12.2 Å². The third kappa shape index (κ3) is 4.11. The van der Waals surface area contributed by atoms with E-state index in [1.54, 1.807) is 24.3 Å². The molecular formula is C21H17F4N5OS. The molecular weight excluding hydrogens is 446 g/mol. The van der Waals surface area contributed by atoms with Crippen molar-refractivity contribution in [2.24, 2.45) is 10.7 Å². The summed E-state index contributed by atoms with van der Waals surface area (Å²) in [6.45, 7) is 0.351. The average Bonchev–Trinajstić information content (AvgIpc) is 3.24. The van der Waals surface area contributed by atoms with Crippen LogP contribution in [0.4, 0.5) is 39.4 Å². The molecule has 1 aromatic heterocycles. The maximum absolute atomic E-state index is 13.9. The number of nitrogens with zero attached hydrogens (tertiary/aromatic N) is 3. The standard InChI is InChI=1S/C21H17F4N5OS/c1-29(20(31)28-17-10-12(21(23,24)25)2-7-16(17)22)13-3-5-14(6-4-13)30-11-27-19-15(18(30)26)8-9-32-19/h2-10H,11,26H2,1H3,(H,28,31). The predicted molar refractivity (Wildman–Crippen MR) is 115 cm³/mol. The monoisotopic (exact) mass is 463 g/mol. The number of fused-ring (bicyclic) bond motifs is 1. The minimum absolute atomic E-state index is 0.351. The second-order valence-corrected chi connectivity index (χ2v) is 7.84. The first-order valence-electron chi connectivity index (χ1n) is 9.32. The molecule has 2 amide bonds. The molecule has 1 aliphatic rings. The fourth-order valence-electron chi connectivity index (χ4n) is 3.17. The molecule has 0 fully saturated rings. The highest BCUT2D eigenvalue weighted by atomic mass is 32.1. The number of carbonyl (C=O) groups excluding carboxylic acids is 1. The first kappa shape index (κ1) is 21.6. The molecule has 1 aliphatic heterocycles. The minimum atomic E-state index is -4.65. The van der Waals surface area contributed by atoms with Crippen LogP contribution in [0.1, 0.15) is 5.56 Å². The highest BCUT2D eigenvalue weighted by Gasteiger charge is 2.31. The van der Waals surface area contributed by atoms with Gasteiger partial charge in [-0.1, -0.05) is 0 Å². The smallest absolute Gasteiger partial charge is 0.384 e. The van der Waals surface area contributed by atoms with Crippen LogP contribution in [0.2, 0.25) is 0 Å². The van der Waals surface area contributed by atoms with Gasteiger partial charge in [0.15, 0.2) is 0 Å². The molecule has 0 unspecified atom stereocenters. The molecule has 2 aromatic carbocycles. The molecule has 0 atom stereocenters. The van der Waals surface area contributed by atoms with Gasteiger partial charge in [0.2, 0.25) is 0 Å². The Labute approximate surface area is 183 Å². The SMILES string of the molecule is CN(C(=O)Nc1cc(C(F)(F)F)ccc1F)c1ccc(N2CN=c3sccc3=C2N)cc1. The maximum atomic E-state index is 13.9. The number of benzene rings is 2. The Balaban J connectivity index is 1.51. The van der Waals surface area contributed by atoms with Gasteiger partial charge in [0.1, 0.15) is 23.0 Å². The molecule has 166 valence electrons. The van der Waals surface area contributed by atoms with Crippen LogP contribution in [-0.4, -0.2) is 19.7 Å². The van der Waals surface area contributed by atoms with Crippen molar-refractivity contribution in [3.63, 3.8) is 0 Å². The zero-order chi connectivity index (χ0) is 23.0. The maximum Gasteiger partial charge on any atom is 0.416 e. The number of anilines is 3. The van der Waals surface area contributed by atoms with E-state index in [0.717, 1.165) is 20.5 Å². The van der Waals surface area contributed by atoms with Crippen molar-refractivity contribution in [1.29, 1.82) is 0 Å². The Morgan fingerprint density at radius 3 is 2.59 bits per heavy atom. The quantitative estimate of drug-likeness (QED) is 0.582. The summed E-state index contributed by atoms with van der Waals surface area (Å²) < 4.78 is 53.4. The van der Waals surface area contributed by atoms with Gasteiger partial charge in [0.25, 0.3) is 0 Å². The normalized spacial score (nSPS) is 13.4. The number of carbonyl (C=O) groups is 1. The molecule has 0 bridgehead atoms. The van der Waals surface area contributed by atoms with Gasteiger partial charge < -0.3 is 16.0 Å². The van der Waals surface area contributed by atoms with E-state index in [-0.39, 0.29) is 0 Å². The number of hydrogen-bond acceptors (Lipinski definition) is 5. The van der Waals surface area contributed by atoms with Crippen LogP contribution in [0.15, 0.2) is 58.9 Å². The first-order chi connectivity index (χ1) is 15.1. The summed E-state index contributed by atoms with van der Waals surface area (Å²) in [5.41, 5.74) is 5.84. The van der Waals surface area contributed by atoms with Crippen molar-refractivity contribution >= 4 is 40.3 Å². The molecule has 4 rings (SSSR count). The number of thiophene rings is 1. The van der Waals surface area contributed by atoms with Gasteiger partial charge in [-0.15, -0.1) is 11.3 Å². The molecule has 11 heteroatoms. The lowest BCUT2D eigenvalue weighted by atomic mass is 10.2. The zero-order valence-electron chi connectivity index (χ0n) is 16.7. The molecule has 3 aromatic rings. The van der Waals surface area contributed by atoms with Gasteiger partial charge in [0.05, 0.1) is 16.5 Å². The number of nitrogens with one attached hydrogen (secondary N) is 1. The van der Waals surface area contributed by atoms with Crippen LogP contribution in [0.25, 0.3) is 5.82 Å². The second-order valence-electron chi connectivity index (χ2n) is 6.95. The minimum Gasteiger partial charge on any atom is -0.384 e. The van der Waals surface area contributed by atoms with E-state index in [1.807, 2.05) is 16.3 Å². The van der Waals surface area contributed by atoms with Crippen molar-refractivity contribution in [2.45, 2.75) is 6.18 Å².